The number of hydrogen-bond donors (Lipinski definition) is 2. The van der Waals surface area contributed by atoms with Gasteiger partial charge in [-0.2, -0.15) is 0 Å². The highest BCUT2D eigenvalue weighted by molar-refractivity contribution is 9.10. The zero-order chi connectivity index (χ0) is 14.1. The molecule has 0 aliphatic carbocycles. The number of aliphatic hydroxyl groups is 1. The Morgan fingerprint density at radius 2 is 2.00 bits per heavy atom. The molecular formula is C16H26BrNO. The molecule has 2 nitrogen and oxygen atoms in total. The molecule has 0 radical (unpaired) electrons. The van der Waals surface area contributed by atoms with Gasteiger partial charge in [0.15, 0.2) is 0 Å². The minimum Gasteiger partial charge on any atom is -0.396 e. The largest absolute Gasteiger partial charge is 0.396 e. The van der Waals surface area contributed by atoms with Gasteiger partial charge in [0.25, 0.3) is 0 Å². The van der Waals surface area contributed by atoms with Gasteiger partial charge >= 0.3 is 0 Å². The summed E-state index contributed by atoms with van der Waals surface area (Å²) in [6.07, 6.45) is 4.27. The molecule has 0 amide bonds. The van der Waals surface area contributed by atoms with Crippen LogP contribution in [0.3, 0.4) is 0 Å². The Morgan fingerprint density at radius 1 is 1.21 bits per heavy atom. The van der Waals surface area contributed by atoms with Crippen LogP contribution in [0.1, 0.15) is 44.2 Å². The van der Waals surface area contributed by atoms with E-state index in [4.69, 9.17) is 5.11 Å². The van der Waals surface area contributed by atoms with Crippen molar-refractivity contribution in [2.45, 2.75) is 46.1 Å². The van der Waals surface area contributed by atoms with Crippen molar-refractivity contribution in [2.75, 3.05) is 13.2 Å². The SMILES string of the molecule is CC(C)Cc1ccc(Br)c(CNCCCCCO)c1. The van der Waals surface area contributed by atoms with Crippen molar-refractivity contribution in [2.24, 2.45) is 5.92 Å². The fraction of sp³-hybridized carbons (Fsp3) is 0.625. The van der Waals surface area contributed by atoms with Gasteiger partial charge in [-0.05, 0) is 55.3 Å². The summed E-state index contributed by atoms with van der Waals surface area (Å²) < 4.78 is 1.18. The molecule has 0 aliphatic heterocycles. The van der Waals surface area contributed by atoms with Crippen LogP contribution in [-0.2, 0) is 13.0 Å². The molecule has 1 aromatic carbocycles. The van der Waals surface area contributed by atoms with E-state index in [2.05, 4.69) is 53.3 Å². The van der Waals surface area contributed by atoms with Crippen LogP contribution < -0.4 is 5.32 Å². The Labute approximate surface area is 125 Å². The smallest absolute Gasteiger partial charge is 0.0431 e. The fourth-order valence-corrected chi connectivity index (χ4v) is 2.51. The molecule has 0 atom stereocenters. The molecule has 0 unspecified atom stereocenters. The van der Waals surface area contributed by atoms with Gasteiger partial charge in [-0.3, -0.25) is 0 Å². The Hall–Kier alpha value is -0.380. The average molecular weight is 328 g/mol. The third-order valence-electron chi connectivity index (χ3n) is 3.08. The van der Waals surface area contributed by atoms with Crippen molar-refractivity contribution in [1.82, 2.24) is 5.32 Å². The second-order valence-electron chi connectivity index (χ2n) is 5.48. The zero-order valence-corrected chi connectivity index (χ0v) is 13.7. The van der Waals surface area contributed by atoms with Gasteiger partial charge in [-0.15, -0.1) is 0 Å². The van der Waals surface area contributed by atoms with Crippen molar-refractivity contribution >= 4 is 15.9 Å². The van der Waals surface area contributed by atoms with E-state index >= 15 is 0 Å². The van der Waals surface area contributed by atoms with Crippen LogP contribution in [-0.4, -0.2) is 18.3 Å². The van der Waals surface area contributed by atoms with Gasteiger partial charge < -0.3 is 10.4 Å². The maximum Gasteiger partial charge on any atom is 0.0431 e. The van der Waals surface area contributed by atoms with Crippen LogP contribution in [0.5, 0.6) is 0 Å². The Balaban J connectivity index is 2.39. The van der Waals surface area contributed by atoms with Crippen LogP contribution in [0.15, 0.2) is 22.7 Å². The Kier molecular flexibility index (Phi) is 8.35. The second-order valence-corrected chi connectivity index (χ2v) is 6.34. The molecule has 0 aromatic heterocycles. The second kappa shape index (κ2) is 9.51. The number of unbranched alkanes of at least 4 members (excludes halogenated alkanes) is 2. The lowest BCUT2D eigenvalue weighted by Crippen LogP contribution is -2.15. The van der Waals surface area contributed by atoms with Gasteiger partial charge in [0.2, 0.25) is 0 Å². The van der Waals surface area contributed by atoms with Gasteiger partial charge in [0.1, 0.15) is 0 Å². The molecule has 2 N–H and O–H groups in total. The summed E-state index contributed by atoms with van der Waals surface area (Å²) in [5.41, 5.74) is 2.75. The van der Waals surface area contributed by atoms with Gasteiger partial charge in [-0.25, -0.2) is 0 Å². The summed E-state index contributed by atoms with van der Waals surface area (Å²) in [6.45, 7) is 6.73. The average Bonchev–Trinajstić information content (AvgIpc) is 2.36. The molecular weight excluding hydrogens is 302 g/mol. The van der Waals surface area contributed by atoms with E-state index in [0.717, 1.165) is 38.8 Å². The van der Waals surface area contributed by atoms with Gasteiger partial charge in [0.05, 0.1) is 0 Å². The molecule has 0 fully saturated rings. The summed E-state index contributed by atoms with van der Waals surface area (Å²) >= 11 is 3.62. The normalized spacial score (nSPS) is 11.2. The van der Waals surface area contributed by atoms with Gasteiger partial charge in [-0.1, -0.05) is 41.9 Å². The quantitative estimate of drug-likeness (QED) is 0.674. The van der Waals surface area contributed by atoms with Gasteiger partial charge in [0, 0.05) is 17.6 Å². The summed E-state index contributed by atoms with van der Waals surface area (Å²) in [5, 5.41) is 12.2. The first-order valence-corrected chi connectivity index (χ1v) is 8.01. The number of nitrogens with one attached hydrogen (secondary N) is 1. The highest BCUT2D eigenvalue weighted by Gasteiger charge is 2.03. The Bertz CT molecular complexity index is 366. The first-order valence-electron chi connectivity index (χ1n) is 7.22. The number of rotatable bonds is 9. The predicted octanol–water partition coefficient (Wildman–Crippen LogP) is 3.90. The van der Waals surface area contributed by atoms with E-state index in [1.165, 1.54) is 15.6 Å². The number of halogens is 1. The minimum absolute atomic E-state index is 0.308. The molecule has 19 heavy (non-hydrogen) atoms. The topological polar surface area (TPSA) is 32.3 Å². The summed E-state index contributed by atoms with van der Waals surface area (Å²) in [5.74, 6) is 0.695. The maximum absolute atomic E-state index is 8.71. The predicted molar refractivity (Wildman–Crippen MR) is 85.3 cm³/mol. The summed E-state index contributed by atoms with van der Waals surface area (Å²) in [6, 6.07) is 6.65. The third kappa shape index (κ3) is 7.09. The van der Waals surface area contributed by atoms with E-state index in [9.17, 15) is 0 Å². The number of aliphatic hydroxyl groups excluding tert-OH is 1. The van der Waals surface area contributed by atoms with E-state index < -0.39 is 0 Å². The van der Waals surface area contributed by atoms with Crippen LogP contribution >= 0.6 is 15.9 Å². The first kappa shape index (κ1) is 16.7. The summed E-state index contributed by atoms with van der Waals surface area (Å²) in [7, 11) is 0. The van der Waals surface area contributed by atoms with Crippen molar-refractivity contribution in [3.63, 3.8) is 0 Å². The summed E-state index contributed by atoms with van der Waals surface area (Å²) in [4.78, 5) is 0. The van der Waals surface area contributed by atoms with E-state index in [1.54, 1.807) is 0 Å². The molecule has 1 rings (SSSR count). The van der Waals surface area contributed by atoms with Crippen molar-refractivity contribution < 1.29 is 5.11 Å². The molecule has 0 bridgehead atoms. The lowest BCUT2D eigenvalue weighted by Gasteiger charge is -2.11. The maximum atomic E-state index is 8.71. The zero-order valence-electron chi connectivity index (χ0n) is 12.1. The number of benzene rings is 1. The molecule has 0 saturated heterocycles. The van der Waals surface area contributed by atoms with Crippen molar-refractivity contribution in [1.29, 1.82) is 0 Å². The van der Waals surface area contributed by atoms with Crippen molar-refractivity contribution in [3.8, 4) is 0 Å². The van der Waals surface area contributed by atoms with Crippen LogP contribution in [0, 0.1) is 5.92 Å². The lowest BCUT2D eigenvalue weighted by atomic mass is 10.0. The molecule has 1 aromatic rings. The molecule has 108 valence electrons. The lowest BCUT2D eigenvalue weighted by molar-refractivity contribution is 0.283. The third-order valence-corrected chi connectivity index (χ3v) is 3.85. The van der Waals surface area contributed by atoms with E-state index in [1.807, 2.05) is 0 Å². The molecule has 0 saturated carbocycles. The van der Waals surface area contributed by atoms with Crippen LogP contribution in [0.4, 0.5) is 0 Å². The number of hydrogen-bond acceptors (Lipinski definition) is 2. The highest BCUT2D eigenvalue weighted by Crippen LogP contribution is 2.20. The standard InChI is InChI=1S/C16H26BrNO/c1-13(2)10-14-6-7-16(17)15(11-14)12-18-8-4-3-5-9-19/h6-7,11,13,18-19H,3-5,8-10,12H2,1-2H3. The van der Waals surface area contributed by atoms with E-state index in [0.29, 0.717) is 12.5 Å². The highest BCUT2D eigenvalue weighted by atomic mass is 79.9. The minimum atomic E-state index is 0.308. The monoisotopic (exact) mass is 327 g/mol. The molecule has 3 heteroatoms. The molecule has 0 spiro atoms. The first-order chi connectivity index (χ1) is 9.13. The Morgan fingerprint density at radius 3 is 2.68 bits per heavy atom. The molecule has 0 aliphatic rings. The fourth-order valence-electron chi connectivity index (χ4n) is 2.12. The van der Waals surface area contributed by atoms with Crippen LogP contribution in [0.25, 0.3) is 0 Å². The van der Waals surface area contributed by atoms with Crippen molar-refractivity contribution in [3.05, 3.63) is 33.8 Å². The van der Waals surface area contributed by atoms with Crippen LogP contribution in [0.2, 0.25) is 0 Å². The molecule has 0 heterocycles. The van der Waals surface area contributed by atoms with E-state index in [-0.39, 0.29) is 0 Å².